The Bertz CT molecular complexity index is 650. The first kappa shape index (κ1) is 14.0. The summed E-state index contributed by atoms with van der Waals surface area (Å²) in [7, 11) is 0. The number of nitriles is 1. The molecule has 0 aliphatic heterocycles. The van der Waals surface area contributed by atoms with Gasteiger partial charge in [0.25, 0.3) is 5.89 Å². The highest BCUT2D eigenvalue weighted by Gasteiger charge is 2.21. The molecule has 6 heteroatoms. The SMILES string of the molecule is Cc1ccc(C#N)cc1OCc1nc(C(C)(C)N)no1. The van der Waals surface area contributed by atoms with Gasteiger partial charge in [0.1, 0.15) is 5.75 Å². The van der Waals surface area contributed by atoms with Gasteiger partial charge in [-0.05, 0) is 38.5 Å². The van der Waals surface area contributed by atoms with Crippen LogP contribution in [0.5, 0.6) is 5.75 Å². The molecule has 2 aromatic rings. The fourth-order valence-corrected chi connectivity index (χ4v) is 1.54. The molecule has 0 amide bonds. The maximum Gasteiger partial charge on any atom is 0.264 e. The maximum absolute atomic E-state index is 8.87. The van der Waals surface area contributed by atoms with E-state index in [9.17, 15) is 0 Å². The van der Waals surface area contributed by atoms with E-state index in [0.29, 0.717) is 23.0 Å². The van der Waals surface area contributed by atoms with Crippen molar-refractivity contribution in [3.63, 3.8) is 0 Å². The monoisotopic (exact) mass is 272 g/mol. The van der Waals surface area contributed by atoms with E-state index < -0.39 is 5.54 Å². The zero-order valence-electron chi connectivity index (χ0n) is 11.7. The van der Waals surface area contributed by atoms with Crippen LogP contribution in [0.2, 0.25) is 0 Å². The van der Waals surface area contributed by atoms with E-state index in [1.165, 1.54) is 0 Å². The molecule has 1 aromatic heterocycles. The third-order valence-electron chi connectivity index (χ3n) is 2.71. The van der Waals surface area contributed by atoms with E-state index in [2.05, 4.69) is 16.2 Å². The van der Waals surface area contributed by atoms with Crippen LogP contribution < -0.4 is 10.5 Å². The van der Waals surface area contributed by atoms with E-state index in [1.54, 1.807) is 26.0 Å². The lowest BCUT2D eigenvalue weighted by molar-refractivity contribution is 0.240. The van der Waals surface area contributed by atoms with Crippen molar-refractivity contribution in [2.24, 2.45) is 5.73 Å². The van der Waals surface area contributed by atoms with E-state index >= 15 is 0 Å². The van der Waals surface area contributed by atoms with Gasteiger partial charge >= 0.3 is 0 Å². The van der Waals surface area contributed by atoms with Crippen LogP contribution in [0.15, 0.2) is 22.7 Å². The topological polar surface area (TPSA) is 98.0 Å². The van der Waals surface area contributed by atoms with Crippen LogP contribution in [0.1, 0.15) is 36.7 Å². The lowest BCUT2D eigenvalue weighted by atomic mass is 10.1. The minimum absolute atomic E-state index is 0.138. The molecule has 2 N–H and O–H groups in total. The third-order valence-corrected chi connectivity index (χ3v) is 2.71. The van der Waals surface area contributed by atoms with Crippen molar-refractivity contribution in [2.45, 2.75) is 32.9 Å². The third kappa shape index (κ3) is 3.13. The van der Waals surface area contributed by atoms with Crippen LogP contribution in [0.4, 0.5) is 0 Å². The summed E-state index contributed by atoms with van der Waals surface area (Å²) in [4.78, 5) is 4.18. The summed E-state index contributed by atoms with van der Waals surface area (Å²) in [6.07, 6.45) is 0. The highest BCUT2D eigenvalue weighted by atomic mass is 16.5. The number of nitrogens with two attached hydrogens (primary N) is 1. The molecule has 0 bridgehead atoms. The minimum Gasteiger partial charge on any atom is -0.483 e. The molecular weight excluding hydrogens is 256 g/mol. The molecule has 0 saturated carbocycles. The zero-order chi connectivity index (χ0) is 14.8. The second-order valence-electron chi connectivity index (χ2n) is 5.11. The molecule has 0 aliphatic carbocycles. The number of hydrogen-bond acceptors (Lipinski definition) is 6. The highest BCUT2D eigenvalue weighted by molar-refractivity contribution is 5.41. The van der Waals surface area contributed by atoms with Crippen LogP contribution in [0, 0.1) is 18.3 Å². The van der Waals surface area contributed by atoms with Gasteiger partial charge < -0.3 is 15.0 Å². The smallest absolute Gasteiger partial charge is 0.264 e. The number of aromatic nitrogens is 2. The van der Waals surface area contributed by atoms with Gasteiger partial charge in [0.05, 0.1) is 17.2 Å². The van der Waals surface area contributed by atoms with Crippen LogP contribution in [-0.2, 0) is 12.1 Å². The summed E-state index contributed by atoms with van der Waals surface area (Å²) in [5.74, 6) is 1.40. The summed E-state index contributed by atoms with van der Waals surface area (Å²) in [6, 6.07) is 7.32. The molecule has 1 heterocycles. The molecule has 0 aliphatic rings. The molecule has 2 rings (SSSR count). The van der Waals surface area contributed by atoms with Crippen LogP contribution in [0.25, 0.3) is 0 Å². The van der Waals surface area contributed by atoms with E-state index in [4.69, 9.17) is 20.3 Å². The van der Waals surface area contributed by atoms with Gasteiger partial charge in [-0.15, -0.1) is 0 Å². The Balaban J connectivity index is 2.09. The molecule has 0 saturated heterocycles. The van der Waals surface area contributed by atoms with Gasteiger partial charge in [-0.2, -0.15) is 10.2 Å². The predicted molar refractivity (Wildman–Crippen MR) is 71.7 cm³/mol. The fraction of sp³-hybridized carbons (Fsp3) is 0.357. The lowest BCUT2D eigenvalue weighted by Crippen LogP contribution is -2.30. The molecule has 20 heavy (non-hydrogen) atoms. The molecule has 1 aromatic carbocycles. The maximum atomic E-state index is 8.87. The standard InChI is InChI=1S/C14H16N4O2/c1-9-4-5-10(7-15)6-11(9)19-8-12-17-13(18-20-12)14(2,3)16/h4-6H,8,16H2,1-3H3. The number of hydrogen-bond donors (Lipinski definition) is 1. The molecule has 6 nitrogen and oxygen atoms in total. The zero-order valence-corrected chi connectivity index (χ0v) is 11.7. The predicted octanol–water partition coefficient (Wildman–Crippen LogP) is 2.02. The Morgan fingerprint density at radius 1 is 1.45 bits per heavy atom. The first-order valence-corrected chi connectivity index (χ1v) is 6.15. The van der Waals surface area contributed by atoms with Gasteiger partial charge in [0.2, 0.25) is 0 Å². The van der Waals surface area contributed by atoms with Crippen molar-refractivity contribution < 1.29 is 9.26 Å². The van der Waals surface area contributed by atoms with Gasteiger partial charge in [-0.1, -0.05) is 11.2 Å². The number of ether oxygens (including phenoxy) is 1. The molecule has 0 fully saturated rings. The summed E-state index contributed by atoms with van der Waals surface area (Å²) in [5.41, 5.74) is 6.70. The van der Waals surface area contributed by atoms with Crippen molar-refractivity contribution in [3.8, 4) is 11.8 Å². The lowest BCUT2D eigenvalue weighted by Gasteiger charge is -2.11. The van der Waals surface area contributed by atoms with E-state index in [0.717, 1.165) is 5.56 Å². The first-order chi connectivity index (χ1) is 9.40. The number of rotatable bonds is 4. The largest absolute Gasteiger partial charge is 0.483 e. The fourth-order valence-electron chi connectivity index (χ4n) is 1.54. The molecule has 0 unspecified atom stereocenters. The Morgan fingerprint density at radius 3 is 2.80 bits per heavy atom. The average Bonchev–Trinajstić information content (AvgIpc) is 2.86. The Labute approximate surface area is 117 Å². The molecule has 104 valence electrons. The van der Waals surface area contributed by atoms with Gasteiger partial charge in [0, 0.05) is 0 Å². The van der Waals surface area contributed by atoms with Crippen LogP contribution >= 0.6 is 0 Å². The summed E-state index contributed by atoms with van der Waals surface area (Å²) < 4.78 is 10.7. The van der Waals surface area contributed by atoms with Crippen molar-refractivity contribution >= 4 is 0 Å². The van der Waals surface area contributed by atoms with Gasteiger partial charge in [-0.3, -0.25) is 0 Å². The Hall–Kier alpha value is -2.39. The van der Waals surface area contributed by atoms with Crippen LogP contribution in [0.3, 0.4) is 0 Å². The Kier molecular flexibility index (Phi) is 3.72. The number of nitrogens with zero attached hydrogens (tertiary/aromatic N) is 3. The number of benzene rings is 1. The van der Waals surface area contributed by atoms with Gasteiger partial charge in [-0.25, -0.2) is 0 Å². The van der Waals surface area contributed by atoms with Crippen molar-refractivity contribution in [1.82, 2.24) is 10.1 Å². The molecule has 0 radical (unpaired) electrons. The summed E-state index contributed by atoms with van der Waals surface area (Å²) >= 11 is 0. The first-order valence-electron chi connectivity index (χ1n) is 6.15. The second-order valence-corrected chi connectivity index (χ2v) is 5.11. The Morgan fingerprint density at radius 2 is 2.20 bits per heavy atom. The molecule has 0 atom stereocenters. The highest BCUT2D eigenvalue weighted by Crippen LogP contribution is 2.20. The van der Waals surface area contributed by atoms with E-state index in [1.807, 2.05) is 13.0 Å². The van der Waals surface area contributed by atoms with Crippen LogP contribution in [-0.4, -0.2) is 10.1 Å². The number of aryl methyl sites for hydroxylation is 1. The second kappa shape index (κ2) is 5.31. The van der Waals surface area contributed by atoms with Crippen molar-refractivity contribution in [2.75, 3.05) is 0 Å². The van der Waals surface area contributed by atoms with E-state index in [-0.39, 0.29) is 6.61 Å². The van der Waals surface area contributed by atoms with Crippen molar-refractivity contribution in [3.05, 3.63) is 41.0 Å². The molecular formula is C14H16N4O2. The summed E-state index contributed by atoms with van der Waals surface area (Å²) in [6.45, 7) is 5.63. The van der Waals surface area contributed by atoms with Crippen molar-refractivity contribution in [1.29, 1.82) is 5.26 Å². The minimum atomic E-state index is -0.654. The average molecular weight is 272 g/mol. The van der Waals surface area contributed by atoms with Gasteiger partial charge in [0.15, 0.2) is 12.4 Å². The summed E-state index contributed by atoms with van der Waals surface area (Å²) in [5, 5.41) is 12.7. The normalized spacial score (nSPS) is 11.2. The molecule has 0 spiro atoms. The quantitative estimate of drug-likeness (QED) is 0.914.